The molecule has 10 nitrogen and oxygen atoms in total. The molecule has 0 aromatic heterocycles. The highest BCUT2D eigenvalue weighted by atomic mass is 32.5. The highest BCUT2D eigenvalue weighted by Crippen LogP contribution is 2.26. The number of hydrogen-bond donors (Lipinski definition) is 8. The molecule has 0 bridgehead atoms. The lowest BCUT2D eigenvalue weighted by atomic mass is 10.4. The lowest BCUT2D eigenvalue weighted by Crippen LogP contribution is -2.48. The summed E-state index contributed by atoms with van der Waals surface area (Å²) in [6.07, 6.45) is -0.133. The number of amides is 1. The Hall–Kier alpha value is 0.450. The molecular formula is C8H26N2O8P2S2. The number of hydrogen-bond acceptors (Lipinski definition) is 5. The van der Waals surface area contributed by atoms with E-state index < -0.39 is 13.4 Å². The van der Waals surface area contributed by atoms with Gasteiger partial charge in [-0.3, -0.25) is 4.79 Å². The first-order valence-electron chi connectivity index (χ1n) is 4.95. The molecule has 1 aliphatic heterocycles. The molecule has 0 spiro atoms. The van der Waals surface area contributed by atoms with Crippen molar-refractivity contribution in [2.45, 2.75) is 28.0 Å². The molecule has 0 saturated carbocycles. The molecule has 0 aliphatic carbocycles. The van der Waals surface area contributed by atoms with E-state index in [1.54, 1.807) is 0 Å². The maximum absolute atomic E-state index is 10.5. The Morgan fingerprint density at radius 1 is 1.14 bits per heavy atom. The first kappa shape index (κ1) is 30.3. The van der Waals surface area contributed by atoms with Crippen LogP contribution in [-0.4, -0.2) is 61.2 Å². The van der Waals surface area contributed by atoms with Crippen LogP contribution in [0.25, 0.3) is 0 Å². The zero-order valence-electron chi connectivity index (χ0n) is 10.4. The monoisotopic (exact) mass is 404 g/mol. The third-order valence-corrected chi connectivity index (χ3v) is 1.29. The minimum atomic E-state index is -3.81. The van der Waals surface area contributed by atoms with Gasteiger partial charge in [0.2, 0.25) is 5.91 Å². The lowest BCUT2D eigenvalue weighted by molar-refractivity contribution is -0.124. The van der Waals surface area contributed by atoms with Crippen LogP contribution >= 0.6 is 13.4 Å². The van der Waals surface area contributed by atoms with Crippen LogP contribution in [0.4, 0.5) is 0 Å². The molecule has 0 radical (unpaired) electrons. The van der Waals surface area contributed by atoms with Gasteiger partial charge in [0, 0.05) is 20.0 Å². The summed E-state index contributed by atoms with van der Waals surface area (Å²) in [5, 5.41) is 5.76. The van der Waals surface area contributed by atoms with E-state index in [1.165, 1.54) is 6.92 Å². The highest BCUT2D eigenvalue weighted by molar-refractivity contribution is 8.06. The maximum Gasteiger partial charge on any atom is 0.319 e. The smallest absolute Gasteiger partial charge is 0.319 e. The molecule has 1 unspecified atom stereocenters. The van der Waals surface area contributed by atoms with Crippen molar-refractivity contribution in [3.8, 4) is 0 Å². The summed E-state index contributed by atoms with van der Waals surface area (Å²) in [5.74, 6) is -0.0475. The second-order valence-corrected chi connectivity index (χ2v) is 8.28. The van der Waals surface area contributed by atoms with E-state index >= 15 is 0 Å². The van der Waals surface area contributed by atoms with Crippen molar-refractivity contribution >= 4 is 43.0 Å². The van der Waals surface area contributed by atoms with Gasteiger partial charge in [0.1, 0.15) is 6.23 Å². The molecule has 138 valence electrons. The van der Waals surface area contributed by atoms with E-state index in [4.69, 9.17) is 34.1 Å². The van der Waals surface area contributed by atoms with Crippen molar-refractivity contribution in [1.82, 2.24) is 10.6 Å². The van der Waals surface area contributed by atoms with Crippen molar-refractivity contribution in [2.75, 3.05) is 19.7 Å². The van der Waals surface area contributed by atoms with Gasteiger partial charge in [-0.2, -0.15) is 0 Å². The van der Waals surface area contributed by atoms with Crippen LogP contribution in [0.15, 0.2) is 0 Å². The molecule has 1 saturated heterocycles. The fourth-order valence-electron chi connectivity index (χ4n) is 0.885. The van der Waals surface area contributed by atoms with Gasteiger partial charge in [0.05, 0.1) is 6.61 Å². The topological polar surface area (TPSA) is 172 Å². The minimum Gasteiger partial charge on any atom is -0.356 e. The Labute approximate surface area is 140 Å². The number of ether oxygens (including phenoxy) is 1. The van der Waals surface area contributed by atoms with Crippen LogP contribution in [-0.2, 0) is 33.1 Å². The zero-order valence-corrected chi connectivity index (χ0v) is 13.8. The summed E-state index contributed by atoms with van der Waals surface area (Å²) >= 11 is 7.21. The molecule has 14 heteroatoms. The largest absolute Gasteiger partial charge is 0.356 e. The van der Waals surface area contributed by atoms with Crippen LogP contribution in [0.5, 0.6) is 0 Å². The number of carbonyl (C=O) groups is 1. The number of morpholine rings is 1. The maximum atomic E-state index is 10.5. The molecular weight excluding hydrogens is 378 g/mol. The van der Waals surface area contributed by atoms with Crippen LogP contribution in [0, 0.1) is 0 Å². The van der Waals surface area contributed by atoms with E-state index in [2.05, 4.69) is 34.2 Å². The third-order valence-electron chi connectivity index (χ3n) is 1.29. The van der Waals surface area contributed by atoms with Gasteiger partial charge < -0.3 is 44.7 Å². The molecule has 8 N–H and O–H groups in total. The van der Waals surface area contributed by atoms with Crippen LogP contribution in [0.1, 0.15) is 21.8 Å². The van der Waals surface area contributed by atoms with Gasteiger partial charge >= 0.3 is 13.4 Å². The Morgan fingerprint density at radius 2 is 1.50 bits per heavy atom. The SMILES string of the molecule is C.C.CC(=O)NC1CNCCO1.OP(O)(O)=S.OP(O)(O)=S. The summed E-state index contributed by atoms with van der Waals surface area (Å²) in [4.78, 5) is 55.8. The van der Waals surface area contributed by atoms with E-state index in [9.17, 15) is 4.79 Å². The fraction of sp³-hybridized carbons (Fsp3) is 0.875. The number of carbonyl (C=O) groups excluding carboxylic acids is 1. The Balaban J connectivity index is -0.000000117. The third kappa shape index (κ3) is 49.9. The lowest BCUT2D eigenvalue weighted by Gasteiger charge is -2.23. The number of rotatable bonds is 1. The van der Waals surface area contributed by atoms with Gasteiger partial charge in [0.25, 0.3) is 0 Å². The molecule has 1 rings (SSSR count). The van der Waals surface area contributed by atoms with Gasteiger partial charge in [-0.15, -0.1) is 0 Å². The van der Waals surface area contributed by atoms with Crippen LogP contribution < -0.4 is 10.6 Å². The average molecular weight is 404 g/mol. The van der Waals surface area contributed by atoms with E-state index in [0.29, 0.717) is 13.2 Å². The Morgan fingerprint density at radius 3 is 1.73 bits per heavy atom. The van der Waals surface area contributed by atoms with Gasteiger partial charge in [-0.1, -0.05) is 14.9 Å². The standard InChI is InChI=1S/C6H12N2O2.2CH4.2H3O3PS/c1-5(9)8-6-4-7-2-3-10-6;;;2*1-4(2,3)5/h6-7H,2-4H2,1H3,(H,8,9);2*1H4;2*(H3,1,2,3,5). The first-order valence-corrected chi connectivity index (χ1v) is 10.3. The summed E-state index contributed by atoms with van der Waals surface area (Å²) < 4.78 is 5.19. The summed E-state index contributed by atoms with van der Waals surface area (Å²) in [7, 11) is 0. The van der Waals surface area contributed by atoms with Crippen molar-refractivity contribution in [3.63, 3.8) is 0 Å². The van der Waals surface area contributed by atoms with Gasteiger partial charge in [-0.25, -0.2) is 0 Å². The van der Waals surface area contributed by atoms with Crippen molar-refractivity contribution in [2.24, 2.45) is 0 Å². The average Bonchev–Trinajstić information content (AvgIpc) is 2.12. The Bertz CT molecular complexity index is 333. The quantitative estimate of drug-likeness (QED) is 0.245. The van der Waals surface area contributed by atoms with Gasteiger partial charge in [-0.05, 0) is 23.6 Å². The molecule has 22 heavy (non-hydrogen) atoms. The van der Waals surface area contributed by atoms with Crippen molar-refractivity contribution in [3.05, 3.63) is 0 Å². The molecule has 1 amide bonds. The summed E-state index contributed by atoms with van der Waals surface area (Å²) in [6.45, 7) is -3.88. The molecule has 1 heterocycles. The van der Waals surface area contributed by atoms with E-state index in [-0.39, 0.29) is 27.0 Å². The normalized spacial score (nSPS) is 17.1. The molecule has 0 aromatic carbocycles. The summed E-state index contributed by atoms with van der Waals surface area (Å²) in [6, 6.07) is 0. The molecule has 0 aromatic rings. The van der Waals surface area contributed by atoms with Crippen molar-refractivity contribution < 1.29 is 38.9 Å². The minimum absolute atomic E-state index is 0. The fourth-order valence-corrected chi connectivity index (χ4v) is 0.885. The first-order chi connectivity index (χ1) is 8.79. The molecule has 1 fully saturated rings. The van der Waals surface area contributed by atoms with Crippen molar-refractivity contribution in [1.29, 1.82) is 0 Å². The molecule has 1 aliphatic rings. The van der Waals surface area contributed by atoms with E-state index in [0.717, 1.165) is 6.54 Å². The predicted octanol–water partition coefficient (Wildman–Crippen LogP) is -1.28. The predicted molar refractivity (Wildman–Crippen MR) is 91.8 cm³/mol. The summed E-state index contributed by atoms with van der Waals surface area (Å²) in [5.41, 5.74) is 0. The zero-order chi connectivity index (χ0) is 16.4. The van der Waals surface area contributed by atoms with Crippen LogP contribution in [0.2, 0.25) is 0 Å². The van der Waals surface area contributed by atoms with Crippen LogP contribution in [0.3, 0.4) is 0 Å². The van der Waals surface area contributed by atoms with Gasteiger partial charge in [0.15, 0.2) is 0 Å². The molecule has 1 atom stereocenters. The highest BCUT2D eigenvalue weighted by Gasteiger charge is 2.12. The second kappa shape index (κ2) is 15.0. The second-order valence-electron chi connectivity index (χ2n) is 3.29. The Kier molecular flexibility index (Phi) is 20.7. The van der Waals surface area contributed by atoms with E-state index in [1.807, 2.05) is 0 Å². The number of nitrogens with one attached hydrogen (secondary N) is 2.